The van der Waals surface area contributed by atoms with Crippen LogP contribution in [0.15, 0.2) is 23.1 Å². The Hall–Kier alpha value is -1.91. The number of aryl methyl sites for hydroxylation is 1. The lowest BCUT2D eigenvalue weighted by molar-refractivity contribution is -0.137. The van der Waals surface area contributed by atoms with Crippen LogP contribution in [0, 0.1) is 24.2 Å². The van der Waals surface area contributed by atoms with Gasteiger partial charge in [0.15, 0.2) is 0 Å². The Kier molecular flexibility index (Phi) is 6.79. The summed E-state index contributed by atoms with van der Waals surface area (Å²) in [4.78, 5) is 12.4. The third kappa shape index (κ3) is 5.05. The van der Waals surface area contributed by atoms with E-state index >= 15 is 0 Å². The van der Waals surface area contributed by atoms with E-state index < -0.39 is 22.0 Å². The molecule has 142 valence electrons. The number of rotatable bonds is 6. The van der Waals surface area contributed by atoms with Gasteiger partial charge in [-0.1, -0.05) is 32.8 Å². The fourth-order valence-electron chi connectivity index (χ4n) is 3.29. The van der Waals surface area contributed by atoms with Gasteiger partial charge in [-0.2, -0.15) is 5.26 Å². The number of nitrogens with one attached hydrogen (secondary N) is 1. The van der Waals surface area contributed by atoms with Crippen LogP contribution in [0.3, 0.4) is 0 Å². The summed E-state index contributed by atoms with van der Waals surface area (Å²) in [6, 6.07) is 6.27. The van der Waals surface area contributed by atoms with Crippen LogP contribution in [-0.2, 0) is 19.6 Å². The van der Waals surface area contributed by atoms with Gasteiger partial charge < -0.3 is 4.74 Å². The Morgan fingerprint density at radius 2 is 2.15 bits per heavy atom. The van der Waals surface area contributed by atoms with Crippen LogP contribution in [0.4, 0.5) is 0 Å². The minimum absolute atomic E-state index is 0.0131. The SMILES string of the molecule is CC[C@H](O[C@H]1CCC[C@H](C)C1)C(=O)NS(=O)(=O)c1cc(C#N)ccc1C. The van der Waals surface area contributed by atoms with Crippen LogP contribution in [0.2, 0.25) is 0 Å². The predicted octanol–water partition coefficient (Wildman–Crippen LogP) is 3.05. The van der Waals surface area contributed by atoms with E-state index in [-0.39, 0.29) is 16.6 Å². The molecule has 1 fully saturated rings. The number of amides is 1. The zero-order valence-electron chi connectivity index (χ0n) is 15.5. The maximum absolute atomic E-state index is 12.6. The summed E-state index contributed by atoms with van der Waals surface area (Å²) >= 11 is 0. The number of nitriles is 1. The number of carbonyl (C=O) groups is 1. The topological polar surface area (TPSA) is 96.3 Å². The number of hydrogen-bond acceptors (Lipinski definition) is 5. The van der Waals surface area contributed by atoms with Crippen LogP contribution in [0.5, 0.6) is 0 Å². The van der Waals surface area contributed by atoms with Crippen molar-refractivity contribution in [2.75, 3.05) is 0 Å². The van der Waals surface area contributed by atoms with E-state index in [1.54, 1.807) is 26.0 Å². The van der Waals surface area contributed by atoms with Crippen molar-refractivity contribution in [3.63, 3.8) is 0 Å². The highest BCUT2D eigenvalue weighted by Crippen LogP contribution is 2.27. The normalized spacial score (nSPS) is 21.6. The standard InChI is InChI=1S/C19H26N2O4S/c1-4-17(25-16-7-5-6-13(2)10-16)19(22)21-26(23,24)18-11-15(12-20)9-8-14(18)3/h8-9,11,13,16-17H,4-7,10H2,1-3H3,(H,21,22)/t13-,16-,17-/m0/s1. The molecule has 0 spiro atoms. The summed E-state index contributed by atoms with van der Waals surface area (Å²) in [5.74, 6) is -0.109. The molecule has 0 radical (unpaired) electrons. The second-order valence-corrected chi connectivity index (χ2v) is 8.64. The molecule has 0 aliphatic heterocycles. The van der Waals surface area contributed by atoms with Crippen molar-refractivity contribution in [2.24, 2.45) is 5.92 Å². The van der Waals surface area contributed by atoms with Gasteiger partial charge in [-0.25, -0.2) is 13.1 Å². The van der Waals surface area contributed by atoms with E-state index in [4.69, 9.17) is 10.00 Å². The fraction of sp³-hybridized carbons (Fsp3) is 0.579. The summed E-state index contributed by atoms with van der Waals surface area (Å²) < 4.78 is 33.2. The van der Waals surface area contributed by atoms with Crippen LogP contribution >= 0.6 is 0 Å². The van der Waals surface area contributed by atoms with Crippen molar-refractivity contribution in [1.82, 2.24) is 4.72 Å². The molecule has 1 aliphatic rings. The van der Waals surface area contributed by atoms with E-state index in [2.05, 4.69) is 11.6 Å². The molecule has 1 amide bonds. The van der Waals surface area contributed by atoms with Crippen LogP contribution in [0.25, 0.3) is 0 Å². The van der Waals surface area contributed by atoms with Crippen molar-refractivity contribution >= 4 is 15.9 Å². The van der Waals surface area contributed by atoms with Crippen molar-refractivity contribution in [2.45, 2.75) is 70.0 Å². The Balaban J connectivity index is 2.12. The first-order chi connectivity index (χ1) is 12.3. The number of benzene rings is 1. The van der Waals surface area contributed by atoms with Gasteiger partial charge in [-0.05, 0) is 49.8 Å². The summed E-state index contributed by atoms with van der Waals surface area (Å²) in [6.07, 6.45) is 3.57. The van der Waals surface area contributed by atoms with Crippen LogP contribution in [0.1, 0.15) is 57.1 Å². The lowest BCUT2D eigenvalue weighted by Gasteiger charge is -2.29. The summed E-state index contributed by atoms with van der Waals surface area (Å²) in [7, 11) is -4.06. The van der Waals surface area contributed by atoms with Gasteiger partial charge in [0.1, 0.15) is 6.10 Å². The average Bonchev–Trinajstić information content (AvgIpc) is 2.59. The highest BCUT2D eigenvalue weighted by Gasteiger charge is 2.29. The molecule has 26 heavy (non-hydrogen) atoms. The van der Waals surface area contributed by atoms with Crippen molar-refractivity contribution < 1.29 is 17.9 Å². The van der Waals surface area contributed by atoms with Gasteiger partial charge >= 0.3 is 0 Å². The molecule has 0 unspecified atom stereocenters. The van der Waals surface area contributed by atoms with E-state index in [0.717, 1.165) is 25.7 Å². The highest BCUT2D eigenvalue weighted by atomic mass is 32.2. The molecule has 1 aromatic rings. The molecule has 0 aromatic heterocycles. The van der Waals surface area contributed by atoms with Crippen LogP contribution in [-0.4, -0.2) is 26.5 Å². The number of carbonyl (C=O) groups excluding carboxylic acids is 1. The van der Waals surface area contributed by atoms with E-state index in [1.807, 2.05) is 6.07 Å². The smallest absolute Gasteiger partial charge is 0.264 e. The summed E-state index contributed by atoms with van der Waals surface area (Å²) in [6.45, 7) is 5.58. The first-order valence-electron chi connectivity index (χ1n) is 8.99. The van der Waals surface area contributed by atoms with Gasteiger partial charge in [0, 0.05) is 0 Å². The van der Waals surface area contributed by atoms with Crippen LogP contribution < -0.4 is 4.72 Å². The Morgan fingerprint density at radius 3 is 2.77 bits per heavy atom. The quantitative estimate of drug-likeness (QED) is 0.821. The zero-order valence-corrected chi connectivity index (χ0v) is 16.3. The molecular formula is C19H26N2O4S. The minimum Gasteiger partial charge on any atom is -0.365 e. The monoisotopic (exact) mass is 378 g/mol. The second-order valence-electron chi connectivity index (χ2n) is 6.99. The Bertz CT molecular complexity index is 798. The molecule has 1 aromatic carbocycles. The molecule has 1 N–H and O–H groups in total. The third-order valence-electron chi connectivity index (χ3n) is 4.75. The van der Waals surface area contributed by atoms with Crippen molar-refractivity contribution in [3.05, 3.63) is 29.3 Å². The lowest BCUT2D eigenvalue weighted by atomic mass is 9.88. The molecule has 0 saturated heterocycles. The third-order valence-corrected chi connectivity index (χ3v) is 6.24. The number of ether oxygens (including phenoxy) is 1. The van der Waals surface area contributed by atoms with Gasteiger partial charge in [-0.15, -0.1) is 0 Å². The molecule has 3 atom stereocenters. The number of hydrogen-bond donors (Lipinski definition) is 1. The van der Waals surface area contributed by atoms with E-state index in [0.29, 0.717) is 17.9 Å². The van der Waals surface area contributed by atoms with Gasteiger partial charge in [-0.3, -0.25) is 4.79 Å². The van der Waals surface area contributed by atoms with Crippen molar-refractivity contribution in [1.29, 1.82) is 5.26 Å². The second kappa shape index (κ2) is 8.65. The molecule has 1 saturated carbocycles. The average molecular weight is 378 g/mol. The van der Waals surface area contributed by atoms with Gasteiger partial charge in [0.25, 0.3) is 15.9 Å². The summed E-state index contributed by atoms with van der Waals surface area (Å²) in [5.41, 5.74) is 0.697. The molecule has 0 bridgehead atoms. The maximum Gasteiger partial charge on any atom is 0.264 e. The fourth-order valence-corrected chi connectivity index (χ4v) is 4.57. The number of sulfonamides is 1. The molecule has 1 aliphatic carbocycles. The Labute approximate surface area is 155 Å². The highest BCUT2D eigenvalue weighted by molar-refractivity contribution is 7.90. The predicted molar refractivity (Wildman–Crippen MR) is 97.8 cm³/mol. The first-order valence-corrected chi connectivity index (χ1v) is 10.5. The summed E-state index contributed by atoms with van der Waals surface area (Å²) in [5, 5.41) is 8.98. The molecule has 2 rings (SSSR count). The van der Waals surface area contributed by atoms with Gasteiger partial charge in [0.05, 0.1) is 22.6 Å². The molecule has 6 nitrogen and oxygen atoms in total. The minimum atomic E-state index is -4.06. The zero-order chi connectivity index (χ0) is 19.3. The molecular weight excluding hydrogens is 352 g/mol. The van der Waals surface area contributed by atoms with E-state index in [9.17, 15) is 13.2 Å². The number of nitrogens with zero attached hydrogens (tertiary/aromatic N) is 1. The van der Waals surface area contributed by atoms with Gasteiger partial charge in [0.2, 0.25) is 0 Å². The van der Waals surface area contributed by atoms with E-state index in [1.165, 1.54) is 6.07 Å². The first kappa shape index (κ1) is 20.4. The maximum atomic E-state index is 12.6. The molecule has 0 heterocycles. The Morgan fingerprint density at radius 1 is 1.42 bits per heavy atom. The lowest BCUT2D eigenvalue weighted by Crippen LogP contribution is -2.42. The molecule has 7 heteroatoms. The van der Waals surface area contributed by atoms with Crippen molar-refractivity contribution in [3.8, 4) is 6.07 Å². The largest absolute Gasteiger partial charge is 0.365 e.